The first-order valence-electron chi connectivity index (χ1n) is 7.53. The summed E-state index contributed by atoms with van der Waals surface area (Å²) in [5.41, 5.74) is 1.19. The molecule has 1 unspecified atom stereocenters. The Hall–Kier alpha value is -2.27. The van der Waals surface area contributed by atoms with Gasteiger partial charge in [0.05, 0.1) is 11.7 Å². The lowest BCUT2D eigenvalue weighted by Crippen LogP contribution is -2.27. The van der Waals surface area contributed by atoms with E-state index in [1.54, 1.807) is 18.2 Å². The Morgan fingerprint density at radius 1 is 1.13 bits per heavy atom. The van der Waals surface area contributed by atoms with Crippen LogP contribution in [0.2, 0.25) is 0 Å². The van der Waals surface area contributed by atoms with Gasteiger partial charge in [0.25, 0.3) is 5.91 Å². The summed E-state index contributed by atoms with van der Waals surface area (Å²) in [5, 5.41) is 12.0. The molecule has 0 radical (unpaired) electrons. The van der Waals surface area contributed by atoms with E-state index < -0.39 is 17.8 Å². The Morgan fingerprint density at radius 2 is 1.78 bits per heavy atom. The zero-order chi connectivity index (χ0) is 16.8. The van der Waals surface area contributed by atoms with Crippen LogP contribution in [0.4, 0.5) is 8.78 Å². The van der Waals surface area contributed by atoms with Gasteiger partial charge in [-0.05, 0) is 48.2 Å². The molecule has 5 heteroatoms. The highest BCUT2D eigenvalue weighted by atomic mass is 19.1. The fraction of sp³-hybridized carbons (Fsp3) is 0.278. The third-order valence-electron chi connectivity index (χ3n) is 3.63. The van der Waals surface area contributed by atoms with E-state index in [1.807, 2.05) is 6.92 Å². The zero-order valence-electron chi connectivity index (χ0n) is 12.9. The van der Waals surface area contributed by atoms with Gasteiger partial charge in [0.2, 0.25) is 0 Å². The average Bonchev–Trinajstić information content (AvgIpc) is 2.55. The van der Waals surface area contributed by atoms with Crippen molar-refractivity contribution in [3.8, 4) is 11.1 Å². The van der Waals surface area contributed by atoms with Gasteiger partial charge >= 0.3 is 0 Å². The van der Waals surface area contributed by atoms with E-state index in [4.69, 9.17) is 0 Å². The Morgan fingerprint density at radius 3 is 2.39 bits per heavy atom. The number of rotatable bonds is 6. The number of benzene rings is 2. The second-order valence-electron chi connectivity index (χ2n) is 5.31. The average molecular weight is 319 g/mol. The Kier molecular flexibility index (Phi) is 5.82. The number of aliphatic hydroxyl groups is 1. The van der Waals surface area contributed by atoms with E-state index >= 15 is 0 Å². The molecule has 122 valence electrons. The van der Waals surface area contributed by atoms with Gasteiger partial charge in [-0.1, -0.05) is 25.1 Å². The van der Waals surface area contributed by atoms with Crippen molar-refractivity contribution in [2.24, 2.45) is 0 Å². The summed E-state index contributed by atoms with van der Waals surface area (Å²) in [7, 11) is 0. The summed E-state index contributed by atoms with van der Waals surface area (Å²) in [6.45, 7) is 2.13. The third kappa shape index (κ3) is 4.60. The van der Waals surface area contributed by atoms with Crippen LogP contribution >= 0.6 is 0 Å². The highest BCUT2D eigenvalue weighted by molar-refractivity contribution is 5.95. The van der Waals surface area contributed by atoms with Crippen LogP contribution in [0, 0.1) is 11.6 Å². The SMILES string of the molecule is CCC(O)CCNC(=O)c1ccc(-c2ccc(F)cc2)cc1F. The fourth-order valence-corrected chi connectivity index (χ4v) is 2.17. The molecule has 0 saturated carbocycles. The minimum absolute atomic E-state index is 0.0538. The van der Waals surface area contributed by atoms with Crippen LogP contribution in [0.1, 0.15) is 30.1 Å². The molecule has 0 spiro atoms. The van der Waals surface area contributed by atoms with Crippen LogP contribution in [0.25, 0.3) is 11.1 Å². The maximum atomic E-state index is 14.1. The van der Waals surface area contributed by atoms with Crippen molar-refractivity contribution in [2.45, 2.75) is 25.9 Å². The predicted molar refractivity (Wildman–Crippen MR) is 85.0 cm³/mol. The van der Waals surface area contributed by atoms with Gasteiger partial charge in [-0.3, -0.25) is 4.79 Å². The molecule has 0 aliphatic carbocycles. The quantitative estimate of drug-likeness (QED) is 0.856. The van der Waals surface area contributed by atoms with Crippen LogP contribution in [-0.2, 0) is 0 Å². The summed E-state index contributed by atoms with van der Waals surface area (Å²) in [4.78, 5) is 11.9. The molecule has 1 atom stereocenters. The summed E-state index contributed by atoms with van der Waals surface area (Å²) in [5.74, 6) is -1.52. The minimum atomic E-state index is -0.639. The van der Waals surface area contributed by atoms with Gasteiger partial charge in [0.1, 0.15) is 11.6 Å². The predicted octanol–water partition coefficient (Wildman–Crippen LogP) is 3.52. The van der Waals surface area contributed by atoms with Crippen molar-refractivity contribution in [3.63, 3.8) is 0 Å². The number of aliphatic hydroxyl groups excluding tert-OH is 1. The first kappa shape index (κ1) is 17.1. The second-order valence-corrected chi connectivity index (χ2v) is 5.31. The standard InChI is InChI=1S/C18H19F2NO2/c1-2-15(22)9-10-21-18(23)16-8-5-13(11-17(16)20)12-3-6-14(19)7-4-12/h3-8,11,15,22H,2,9-10H2,1H3,(H,21,23). The molecule has 0 bridgehead atoms. The molecule has 0 fully saturated rings. The molecule has 0 saturated heterocycles. The number of carbonyl (C=O) groups is 1. The number of hydrogen-bond donors (Lipinski definition) is 2. The van der Waals surface area contributed by atoms with E-state index in [9.17, 15) is 18.7 Å². The van der Waals surface area contributed by atoms with Crippen molar-refractivity contribution in [2.75, 3.05) is 6.54 Å². The van der Waals surface area contributed by atoms with E-state index in [-0.39, 0.29) is 17.9 Å². The van der Waals surface area contributed by atoms with Gasteiger partial charge in [-0.25, -0.2) is 8.78 Å². The fourth-order valence-electron chi connectivity index (χ4n) is 2.17. The van der Waals surface area contributed by atoms with Crippen LogP contribution in [-0.4, -0.2) is 23.7 Å². The molecule has 1 amide bonds. The Bertz CT molecular complexity index is 671. The van der Waals surface area contributed by atoms with Gasteiger partial charge in [-0.2, -0.15) is 0 Å². The van der Waals surface area contributed by atoms with Crippen molar-refractivity contribution >= 4 is 5.91 Å². The van der Waals surface area contributed by atoms with Gasteiger partial charge in [0, 0.05) is 6.54 Å². The highest BCUT2D eigenvalue weighted by Gasteiger charge is 2.13. The molecule has 23 heavy (non-hydrogen) atoms. The van der Waals surface area contributed by atoms with Crippen molar-refractivity contribution in [3.05, 3.63) is 59.7 Å². The molecule has 2 N–H and O–H groups in total. The van der Waals surface area contributed by atoms with E-state index in [1.165, 1.54) is 24.3 Å². The molecule has 0 aromatic heterocycles. The first-order chi connectivity index (χ1) is 11.0. The van der Waals surface area contributed by atoms with Gasteiger partial charge < -0.3 is 10.4 Å². The lowest BCUT2D eigenvalue weighted by atomic mass is 10.0. The molecule has 2 rings (SSSR count). The van der Waals surface area contributed by atoms with Gasteiger partial charge in [-0.15, -0.1) is 0 Å². The van der Waals surface area contributed by atoms with Crippen molar-refractivity contribution < 1.29 is 18.7 Å². The molecule has 3 nitrogen and oxygen atoms in total. The summed E-state index contributed by atoms with van der Waals surface area (Å²) in [6, 6.07) is 9.97. The number of hydrogen-bond acceptors (Lipinski definition) is 2. The number of carbonyl (C=O) groups excluding carboxylic acids is 1. The first-order valence-corrected chi connectivity index (χ1v) is 7.53. The molecule has 2 aromatic carbocycles. The van der Waals surface area contributed by atoms with Gasteiger partial charge in [0.15, 0.2) is 0 Å². The molecule has 0 aliphatic rings. The smallest absolute Gasteiger partial charge is 0.254 e. The van der Waals surface area contributed by atoms with E-state index in [0.29, 0.717) is 24.0 Å². The minimum Gasteiger partial charge on any atom is -0.393 e. The highest BCUT2D eigenvalue weighted by Crippen LogP contribution is 2.22. The summed E-state index contributed by atoms with van der Waals surface area (Å²) in [6.07, 6.45) is 0.565. The summed E-state index contributed by atoms with van der Waals surface area (Å²) < 4.78 is 27.0. The molecule has 0 aliphatic heterocycles. The Labute approximate surface area is 134 Å². The number of halogens is 2. The van der Waals surface area contributed by atoms with E-state index in [0.717, 1.165) is 0 Å². The summed E-state index contributed by atoms with van der Waals surface area (Å²) >= 11 is 0. The molecular weight excluding hydrogens is 300 g/mol. The van der Waals surface area contributed by atoms with Crippen LogP contribution < -0.4 is 5.32 Å². The van der Waals surface area contributed by atoms with Crippen molar-refractivity contribution in [1.82, 2.24) is 5.32 Å². The lowest BCUT2D eigenvalue weighted by Gasteiger charge is -2.10. The zero-order valence-corrected chi connectivity index (χ0v) is 12.9. The van der Waals surface area contributed by atoms with Crippen LogP contribution in [0.3, 0.4) is 0 Å². The Balaban J connectivity index is 2.07. The largest absolute Gasteiger partial charge is 0.393 e. The maximum Gasteiger partial charge on any atom is 0.254 e. The topological polar surface area (TPSA) is 49.3 Å². The molecular formula is C18H19F2NO2. The van der Waals surface area contributed by atoms with Crippen LogP contribution in [0.5, 0.6) is 0 Å². The molecule has 2 aromatic rings. The normalized spacial score (nSPS) is 12.0. The third-order valence-corrected chi connectivity index (χ3v) is 3.63. The lowest BCUT2D eigenvalue weighted by molar-refractivity contribution is 0.0938. The monoisotopic (exact) mass is 319 g/mol. The van der Waals surface area contributed by atoms with Crippen LogP contribution in [0.15, 0.2) is 42.5 Å². The number of amides is 1. The van der Waals surface area contributed by atoms with E-state index in [2.05, 4.69) is 5.32 Å². The van der Waals surface area contributed by atoms with Crippen molar-refractivity contribution in [1.29, 1.82) is 0 Å². The number of nitrogens with one attached hydrogen (secondary N) is 1. The molecule has 0 heterocycles. The second kappa shape index (κ2) is 7.83. The maximum absolute atomic E-state index is 14.1.